The minimum atomic E-state index is -4.71. The quantitative estimate of drug-likeness (QED) is 0.408. The van der Waals surface area contributed by atoms with Crippen molar-refractivity contribution in [1.82, 2.24) is 9.97 Å². The number of fused-ring (bicyclic) bond motifs is 1. The van der Waals surface area contributed by atoms with Crippen molar-refractivity contribution in [3.63, 3.8) is 0 Å². The topological polar surface area (TPSA) is 37.9 Å². The van der Waals surface area contributed by atoms with Gasteiger partial charge in [-0.2, -0.15) is 13.2 Å². The van der Waals surface area contributed by atoms with E-state index in [1.54, 1.807) is 0 Å². The zero-order valence-corrected chi connectivity index (χ0v) is 15.4. The first kappa shape index (κ1) is 18.7. The summed E-state index contributed by atoms with van der Waals surface area (Å²) in [4.78, 5) is 5.48. The van der Waals surface area contributed by atoms with Crippen LogP contribution in [0.2, 0.25) is 25.1 Å². The van der Waals surface area contributed by atoms with E-state index in [4.69, 9.17) is 62.7 Å². The first-order valence-electron chi connectivity index (χ1n) is 6.36. The Morgan fingerprint density at radius 1 is 0.920 bits per heavy atom. The molecule has 0 unspecified atom stereocenters. The SMILES string of the molecule is FC(F)(F)c1nc2c(Cl)c(Cl)c(Oc3ccc(Cl)c(Cl)c3)c(Cl)c2[nH]1. The number of nitrogens with one attached hydrogen (secondary N) is 1. The second-order valence-electron chi connectivity index (χ2n) is 4.76. The number of alkyl halides is 3. The van der Waals surface area contributed by atoms with Gasteiger partial charge in [-0.3, -0.25) is 0 Å². The first-order chi connectivity index (χ1) is 11.6. The van der Waals surface area contributed by atoms with Gasteiger partial charge in [-0.1, -0.05) is 58.0 Å². The van der Waals surface area contributed by atoms with Crippen molar-refractivity contribution in [3.05, 3.63) is 49.1 Å². The average molecular weight is 450 g/mol. The fourth-order valence-corrected chi connectivity index (χ4v) is 3.04. The third kappa shape index (κ3) is 3.46. The van der Waals surface area contributed by atoms with Crippen LogP contribution in [0.4, 0.5) is 13.2 Å². The lowest BCUT2D eigenvalue weighted by atomic mass is 10.3. The molecule has 0 bridgehead atoms. The lowest BCUT2D eigenvalue weighted by molar-refractivity contribution is -0.144. The Labute approximate surface area is 163 Å². The van der Waals surface area contributed by atoms with Gasteiger partial charge >= 0.3 is 6.18 Å². The Bertz CT molecular complexity index is 987. The number of nitrogens with zero attached hydrogens (tertiary/aromatic N) is 1. The van der Waals surface area contributed by atoms with Crippen LogP contribution in [0.15, 0.2) is 18.2 Å². The van der Waals surface area contributed by atoms with Gasteiger partial charge in [0.15, 0.2) is 5.75 Å². The number of benzene rings is 2. The number of halogens is 8. The van der Waals surface area contributed by atoms with E-state index < -0.39 is 12.0 Å². The van der Waals surface area contributed by atoms with Crippen molar-refractivity contribution < 1.29 is 17.9 Å². The van der Waals surface area contributed by atoms with Gasteiger partial charge < -0.3 is 9.72 Å². The minimum absolute atomic E-state index is 0.142. The van der Waals surface area contributed by atoms with Gasteiger partial charge in [0.2, 0.25) is 5.82 Å². The first-order valence-corrected chi connectivity index (χ1v) is 8.25. The highest BCUT2D eigenvalue weighted by Gasteiger charge is 2.36. The molecule has 1 aromatic heterocycles. The zero-order valence-electron chi connectivity index (χ0n) is 11.6. The molecule has 3 rings (SSSR count). The molecule has 3 nitrogen and oxygen atoms in total. The number of aromatic nitrogens is 2. The largest absolute Gasteiger partial charge is 0.454 e. The van der Waals surface area contributed by atoms with Crippen LogP contribution in [-0.2, 0) is 6.18 Å². The van der Waals surface area contributed by atoms with Gasteiger partial charge in [-0.05, 0) is 12.1 Å². The van der Waals surface area contributed by atoms with Gasteiger partial charge in [0, 0.05) is 6.07 Å². The fourth-order valence-electron chi connectivity index (χ4n) is 1.99. The van der Waals surface area contributed by atoms with E-state index in [-0.39, 0.29) is 42.6 Å². The Morgan fingerprint density at radius 3 is 2.20 bits per heavy atom. The summed E-state index contributed by atoms with van der Waals surface area (Å²) in [6, 6.07) is 4.34. The molecule has 0 aliphatic heterocycles. The maximum atomic E-state index is 12.8. The zero-order chi connectivity index (χ0) is 18.5. The predicted octanol–water partition coefficient (Wildman–Crippen LogP) is 7.64. The van der Waals surface area contributed by atoms with Gasteiger partial charge in [-0.15, -0.1) is 0 Å². The molecule has 25 heavy (non-hydrogen) atoms. The third-order valence-corrected chi connectivity index (χ3v) is 5.03. The summed E-state index contributed by atoms with van der Waals surface area (Å²) in [5.41, 5.74) is -0.371. The van der Waals surface area contributed by atoms with Crippen molar-refractivity contribution in [2.24, 2.45) is 0 Å². The number of H-pyrrole nitrogens is 1. The third-order valence-electron chi connectivity index (χ3n) is 3.10. The smallest absolute Gasteiger partial charge is 0.449 e. The van der Waals surface area contributed by atoms with E-state index >= 15 is 0 Å². The summed E-state index contributed by atoms with van der Waals surface area (Å²) in [6.45, 7) is 0. The summed E-state index contributed by atoms with van der Waals surface area (Å²) in [7, 11) is 0. The van der Waals surface area contributed by atoms with Crippen molar-refractivity contribution in [2.45, 2.75) is 6.18 Å². The molecule has 0 saturated carbocycles. The standard InChI is InChI=1S/C14H4Cl5F3N2O/c15-5-2-1-4(3-6(5)16)25-12-8(18)7(17)10-11(9(12)19)24-13(23-10)14(20,21)22/h1-3H,(H,23,24). The molecule has 0 fully saturated rings. The Hall–Kier alpha value is -1.05. The Balaban J connectivity index is 2.16. The summed E-state index contributed by atoms with van der Waals surface area (Å²) >= 11 is 30.0. The number of ether oxygens (including phenoxy) is 1. The number of hydrogen-bond acceptors (Lipinski definition) is 2. The van der Waals surface area contributed by atoms with Gasteiger partial charge in [0.1, 0.15) is 21.3 Å². The van der Waals surface area contributed by atoms with Crippen LogP contribution in [0, 0.1) is 0 Å². The summed E-state index contributed by atoms with van der Waals surface area (Å²) in [6.07, 6.45) is -4.71. The van der Waals surface area contributed by atoms with Crippen LogP contribution < -0.4 is 4.74 Å². The molecular formula is C14H4Cl5F3N2O. The van der Waals surface area contributed by atoms with Crippen molar-refractivity contribution in [2.75, 3.05) is 0 Å². The second kappa shape index (κ2) is 6.59. The minimum Gasteiger partial charge on any atom is -0.454 e. The van der Waals surface area contributed by atoms with E-state index in [0.717, 1.165) is 0 Å². The molecule has 1 heterocycles. The molecule has 0 amide bonds. The second-order valence-corrected chi connectivity index (χ2v) is 6.70. The van der Waals surface area contributed by atoms with Crippen LogP contribution in [0.3, 0.4) is 0 Å². The Morgan fingerprint density at radius 2 is 1.60 bits per heavy atom. The van der Waals surface area contributed by atoms with Crippen molar-refractivity contribution in [1.29, 1.82) is 0 Å². The fraction of sp³-hybridized carbons (Fsp3) is 0.0714. The van der Waals surface area contributed by atoms with Gasteiger partial charge in [-0.25, -0.2) is 4.98 Å². The summed E-state index contributed by atoms with van der Waals surface area (Å²) in [5, 5.41) is -0.130. The number of imidazole rings is 1. The molecule has 0 radical (unpaired) electrons. The molecule has 0 saturated heterocycles. The predicted molar refractivity (Wildman–Crippen MR) is 92.7 cm³/mol. The van der Waals surface area contributed by atoms with Crippen LogP contribution in [0.25, 0.3) is 11.0 Å². The molecule has 3 aromatic rings. The highest BCUT2D eigenvalue weighted by atomic mass is 35.5. The molecule has 0 spiro atoms. The maximum absolute atomic E-state index is 12.8. The lowest BCUT2D eigenvalue weighted by Crippen LogP contribution is -2.06. The molecule has 2 aromatic carbocycles. The van der Waals surface area contributed by atoms with E-state index in [1.807, 2.05) is 0 Å². The molecule has 11 heteroatoms. The van der Waals surface area contributed by atoms with E-state index in [2.05, 4.69) is 9.97 Å². The highest BCUT2D eigenvalue weighted by Crippen LogP contribution is 2.47. The molecule has 0 aliphatic carbocycles. The van der Waals surface area contributed by atoms with Crippen LogP contribution in [0.1, 0.15) is 5.82 Å². The van der Waals surface area contributed by atoms with Crippen LogP contribution in [-0.4, -0.2) is 9.97 Å². The average Bonchev–Trinajstić information content (AvgIpc) is 2.98. The van der Waals surface area contributed by atoms with Gasteiger partial charge in [0.25, 0.3) is 0 Å². The van der Waals surface area contributed by atoms with Gasteiger partial charge in [0.05, 0.1) is 20.6 Å². The van der Waals surface area contributed by atoms with Crippen molar-refractivity contribution in [3.8, 4) is 11.5 Å². The maximum Gasteiger partial charge on any atom is 0.449 e. The van der Waals surface area contributed by atoms with Crippen molar-refractivity contribution >= 4 is 69.0 Å². The van der Waals surface area contributed by atoms with E-state index in [1.165, 1.54) is 18.2 Å². The number of rotatable bonds is 2. The normalized spacial score (nSPS) is 12.0. The van der Waals surface area contributed by atoms with E-state index in [0.29, 0.717) is 5.02 Å². The van der Waals surface area contributed by atoms with Crippen LogP contribution >= 0.6 is 58.0 Å². The molecule has 0 aliphatic rings. The van der Waals surface area contributed by atoms with Crippen LogP contribution in [0.5, 0.6) is 11.5 Å². The molecule has 0 atom stereocenters. The monoisotopic (exact) mass is 448 g/mol. The summed E-state index contributed by atoms with van der Waals surface area (Å²) in [5.74, 6) is -1.19. The molecule has 1 N–H and O–H groups in total. The number of aromatic amines is 1. The highest BCUT2D eigenvalue weighted by molar-refractivity contribution is 6.49. The number of hydrogen-bond donors (Lipinski definition) is 1. The summed E-state index contributed by atoms with van der Waals surface area (Å²) < 4.78 is 44.1. The van der Waals surface area contributed by atoms with E-state index in [9.17, 15) is 13.2 Å². The lowest BCUT2D eigenvalue weighted by Gasteiger charge is -2.12. The molecular weight excluding hydrogens is 446 g/mol. The molecule has 132 valence electrons. The Kier molecular flexibility index (Phi) is 4.94.